The highest BCUT2D eigenvalue weighted by atomic mass is 32.1. The van der Waals surface area contributed by atoms with E-state index in [-0.39, 0.29) is 11.3 Å². The number of hydrogen-bond donors (Lipinski definition) is 4. The van der Waals surface area contributed by atoms with E-state index in [4.69, 9.17) is 5.11 Å². The predicted octanol–water partition coefficient (Wildman–Crippen LogP) is 2.78. The van der Waals surface area contributed by atoms with E-state index >= 15 is 0 Å². The van der Waals surface area contributed by atoms with Gasteiger partial charge in [0.15, 0.2) is 0 Å². The zero-order valence-electron chi connectivity index (χ0n) is 11.2. The number of carboxylic acids is 1. The molecule has 1 aromatic heterocycles. The van der Waals surface area contributed by atoms with E-state index in [1.807, 2.05) is 17.7 Å². The number of anilines is 1. The quantitative estimate of drug-likeness (QED) is 0.653. The lowest BCUT2D eigenvalue weighted by atomic mass is 10.2. The van der Waals surface area contributed by atoms with Crippen LogP contribution in [-0.4, -0.2) is 22.2 Å². The Bertz CT molecular complexity index is 681. The molecular weight excluding hydrogens is 292 g/mol. The molecule has 0 spiro atoms. The van der Waals surface area contributed by atoms with Gasteiger partial charge in [-0.1, -0.05) is 0 Å². The molecule has 0 saturated heterocycles. The van der Waals surface area contributed by atoms with Crippen LogP contribution in [0, 0.1) is 6.92 Å². The molecule has 0 radical (unpaired) electrons. The van der Waals surface area contributed by atoms with Gasteiger partial charge in [-0.2, -0.15) is 11.3 Å². The molecule has 2 rings (SSSR count). The summed E-state index contributed by atoms with van der Waals surface area (Å²) in [5.41, 5.74) is 2.18. The Morgan fingerprint density at radius 3 is 2.67 bits per heavy atom. The van der Waals surface area contributed by atoms with E-state index in [2.05, 4.69) is 10.6 Å². The summed E-state index contributed by atoms with van der Waals surface area (Å²) < 4.78 is 0. The minimum Gasteiger partial charge on any atom is -0.507 e. The van der Waals surface area contributed by atoms with Gasteiger partial charge in [0.25, 0.3) is 0 Å². The van der Waals surface area contributed by atoms with E-state index in [1.165, 1.54) is 18.2 Å². The zero-order chi connectivity index (χ0) is 15.4. The highest BCUT2D eigenvalue weighted by molar-refractivity contribution is 7.08. The number of amides is 2. The van der Waals surface area contributed by atoms with Crippen LogP contribution in [0.15, 0.2) is 29.0 Å². The number of carbonyl (C=O) groups is 2. The third-order valence-corrected chi connectivity index (χ3v) is 3.80. The highest BCUT2D eigenvalue weighted by Crippen LogP contribution is 2.21. The van der Waals surface area contributed by atoms with E-state index in [0.717, 1.165) is 11.1 Å². The Labute approximate surface area is 125 Å². The van der Waals surface area contributed by atoms with Gasteiger partial charge in [-0.15, -0.1) is 0 Å². The number of carbonyl (C=O) groups excluding carboxylic acids is 1. The maximum atomic E-state index is 11.8. The molecular formula is C14H14N2O4S. The first-order chi connectivity index (χ1) is 9.97. The number of aryl methyl sites for hydroxylation is 1. The van der Waals surface area contributed by atoms with Crippen LogP contribution in [0.4, 0.5) is 10.5 Å². The van der Waals surface area contributed by atoms with Crippen LogP contribution in [0.25, 0.3) is 0 Å². The molecule has 21 heavy (non-hydrogen) atoms. The standard InChI is InChI=1S/C14H14N2O4S/c1-8-6-21-7-9(8)5-15-14(20)16-10-2-3-12(17)11(4-10)13(18)19/h2-4,6-7,17H,5H2,1H3,(H,18,19)(H2,15,16,20). The van der Waals surface area contributed by atoms with Crippen LogP contribution < -0.4 is 10.6 Å². The van der Waals surface area contributed by atoms with Gasteiger partial charge >= 0.3 is 12.0 Å². The topological polar surface area (TPSA) is 98.7 Å². The van der Waals surface area contributed by atoms with Crippen LogP contribution >= 0.6 is 11.3 Å². The molecule has 0 aliphatic rings. The Kier molecular flexibility index (Phi) is 4.44. The number of nitrogens with one attached hydrogen (secondary N) is 2. The fraction of sp³-hybridized carbons (Fsp3) is 0.143. The molecule has 0 bridgehead atoms. The normalized spacial score (nSPS) is 10.1. The second-order valence-electron chi connectivity index (χ2n) is 4.42. The minimum absolute atomic E-state index is 0.263. The van der Waals surface area contributed by atoms with Crippen molar-refractivity contribution in [1.82, 2.24) is 5.32 Å². The number of rotatable bonds is 4. The molecule has 2 aromatic rings. The lowest BCUT2D eigenvalue weighted by molar-refractivity contribution is 0.0693. The largest absolute Gasteiger partial charge is 0.507 e. The Hall–Kier alpha value is -2.54. The van der Waals surface area contributed by atoms with E-state index < -0.39 is 12.0 Å². The fourth-order valence-corrected chi connectivity index (χ4v) is 2.56. The molecule has 0 aliphatic carbocycles. The van der Waals surface area contributed by atoms with Gasteiger partial charge in [0.2, 0.25) is 0 Å². The van der Waals surface area contributed by atoms with Gasteiger partial charge in [0.1, 0.15) is 11.3 Å². The van der Waals surface area contributed by atoms with Crippen LogP contribution in [0.3, 0.4) is 0 Å². The molecule has 0 atom stereocenters. The Morgan fingerprint density at radius 2 is 2.05 bits per heavy atom. The summed E-state index contributed by atoms with van der Waals surface area (Å²) in [4.78, 5) is 22.6. The smallest absolute Gasteiger partial charge is 0.339 e. The zero-order valence-corrected chi connectivity index (χ0v) is 12.0. The lowest BCUT2D eigenvalue weighted by Crippen LogP contribution is -2.28. The van der Waals surface area contributed by atoms with Crippen molar-refractivity contribution in [2.45, 2.75) is 13.5 Å². The number of urea groups is 1. The average Bonchev–Trinajstić information content (AvgIpc) is 2.84. The lowest BCUT2D eigenvalue weighted by Gasteiger charge is -2.09. The molecule has 110 valence electrons. The first-order valence-electron chi connectivity index (χ1n) is 6.10. The van der Waals surface area contributed by atoms with Crippen LogP contribution in [0.2, 0.25) is 0 Å². The Morgan fingerprint density at radius 1 is 1.29 bits per heavy atom. The van der Waals surface area contributed by atoms with Crippen molar-refractivity contribution in [3.63, 3.8) is 0 Å². The van der Waals surface area contributed by atoms with Crippen molar-refractivity contribution < 1.29 is 19.8 Å². The first kappa shape index (κ1) is 14.9. The maximum absolute atomic E-state index is 11.8. The van der Waals surface area contributed by atoms with Crippen LogP contribution in [0.1, 0.15) is 21.5 Å². The molecule has 4 N–H and O–H groups in total. The van der Waals surface area contributed by atoms with Crippen molar-refractivity contribution >= 4 is 29.0 Å². The van der Waals surface area contributed by atoms with Gasteiger partial charge in [0, 0.05) is 12.2 Å². The molecule has 1 aromatic carbocycles. The van der Waals surface area contributed by atoms with Gasteiger partial charge < -0.3 is 20.8 Å². The Balaban J connectivity index is 1.98. The summed E-state index contributed by atoms with van der Waals surface area (Å²) in [5, 5.41) is 27.4. The van der Waals surface area contributed by atoms with Crippen molar-refractivity contribution in [2.24, 2.45) is 0 Å². The second kappa shape index (κ2) is 6.27. The van der Waals surface area contributed by atoms with Crippen LogP contribution in [-0.2, 0) is 6.54 Å². The molecule has 7 heteroatoms. The molecule has 0 saturated carbocycles. The number of phenols is 1. The van der Waals surface area contributed by atoms with Crippen LogP contribution in [0.5, 0.6) is 5.75 Å². The molecule has 0 fully saturated rings. The number of benzene rings is 1. The molecule has 0 aliphatic heterocycles. The highest BCUT2D eigenvalue weighted by Gasteiger charge is 2.11. The SMILES string of the molecule is Cc1cscc1CNC(=O)Nc1ccc(O)c(C(=O)O)c1. The summed E-state index contributed by atoms with van der Waals surface area (Å²) in [6.45, 7) is 2.36. The molecule has 6 nitrogen and oxygen atoms in total. The summed E-state index contributed by atoms with van der Waals surface area (Å²) in [6.07, 6.45) is 0. The van der Waals surface area contributed by atoms with Gasteiger partial charge in [-0.05, 0) is 47.0 Å². The summed E-state index contributed by atoms with van der Waals surface area (Å²) in [7, 11) is 0. The summed E-state index contributed by atoms with van der Waals surface area (Å²) in [5.74, 6) is -1.60. The summed E-state index contributed by atoms with van der Waals surface area (Å²) in [6, 6.07) is 3.41. The minimum atomic E-state index is -1.26. The monoisotopic (exact) mass is 306 g/mol. The van der Waals surface area contributed by atoms with E-state index in [0.29, 0.717) is 12.2 Å². The van der Waals surface area contributed by atoms with E-state index in [1.54, 1.807) is 11.3 Å². The number of hydrogen-bond acceptors (Lipinski definition) is 4. The third kappa shape index (κ3) is 3.73. The average molecular weight is 306 g/mol. The first-order valence-corrected chi connectivity index (χ1v) is 7.04. The fourth-order valence-electron chi connectivity index (χ4n) is 1.70. The van der Waals surface area contributed by atoms with Crippen molar-refractivity contribution in [3.8, 4) is 5.75 Å². The number of aromatic carboxylic acids is 1. The number of aromatic hydroxyl groups is 1. The van der Waals surface area contributed by atoms with Crippen molar-refractivity contribution in [1.29, 1.82) is 0 Å². The maximum Gasteiger partial charge on any atom is 0.339 e. The van der Waals surface area contributed by atoms with Gasteiger partial charge in [-0.3, -0.25) is 0 Å². The molecule has 1 heterocycles. The molecule has 2 amide bonds. The van der Waals surface area contributed by atoms with Gasteiger partial charge in [0.05, 0.1) is 0 Å². The second-order valence-corrected chi connectivity index (χ2v) is 5.17. The summed E-state index contributed by atoms with van der Waals surface area (Å²) >= 11 is 1.56. The van der Waals surface area contributed by atoms with Crippen molar-refractivity contribution in [3.05, 3.63) is 45.6 Å². The van der Waals surface area contributed by atoms with Gasteiger partial charge in [-0.25, -0.2) is 9.59 Å². The number of thiophene rings is 1. The van der Waals surface area contributed by atoms with E-state index in [9.17, 15) is 14.7 Å². The third-order valence-electron chi connectivity index (χ3n) is 2.89. The number of carboxylic acid groups (broad SMARTS) is 1. The van der Waals surface area contributed by atoms with Crippen molar-refractivity contribution in [2.75, 3.05) is 5.32 Å². The molecule has 0 unspecified atom stereocenters. The predicted molar refractivity (Wildman–Crippen MR) is 80.0 cm³/mol.